The second kappa shape index (κ2) is 6.10. The number of rotatable bonds is 6. The van der Waals surface area contributed by atoms with Crippen molar-refractivity contribution < 1.29 is 0 Å². The molecule has 5 heteroatoms. The van der Waals surface area contributed by atoms with Crippen molar-refractivity contribution in [3.8, 4) is 6.07 Å². The van der Waals surface area contributed by atoms with E-state index in [1.807, 2.05) is 6.07 Å². The molecule has 0 bridgehead atoms. The zero-order chi connectivity index (χ0) is 13.8. The maximum absolute atomic E-state index is 8.65. The smallest absolute Gasteiger partial charge is 0.191 e. The van der Waals surface area contributed by atoms with E-state index in [1.54, 1.807) is 11.8 Å². The highest BCUT2D eigenvalue weighted by Crippen LogP contribution is 2.40. The van der Waals surface area contributed by atoms with Crippen molar-refractivity contribution in [3.05, 3.63) is 41.7 Å². The fraction of sp³-hybridized carbons (Fsp3) is 0.400. The van der Waals surface area contributed by atoms with Crippen LogP contribution in [0.3, 0.4) is 0 Å². The van der Waals surface area contributed by atoms with Crippen molar-refractivity contribution in [3.63, 3.8) is 0 Å². The van der Waals surface area contributed by atoms with Crippen LogP contribution in [0.15, 0.2) is 35.5 Å². The van der Waals surface area contributed by atoms with Gasteiger partial charge < -0.3 is 4.57 Å². The number of thioether (sulfide) groups is 1. The molecule has 1 fully saturated rings. The summed E-state index contributed by atoms with van der Waals surface area (Å²) in [6.07, 6.45) is 2.98. The highest BCUT2D eigenvalue weighted by Gasteiger charge is 2.30. The van der Waals surface area contributed by atoms with Gasteiger partial charge in [-0.3, -0.25) is 0 Å². The first-order valence-electron chi connectivity index (χ1n) is 6.85. The van der Waals surface area contributed by atoms with Crippen molar-refractivity contribution in [2.45, 2.75) is 36.9 Å². The Bertz CT molecular complexity index is 611. The molecule has 1 heterocycles. The second-order valence-corrected chi connectivity index (χ2v) is 6.01. The van der Waals surface area contributed by atoms with Crippen LogP contribution in [0.2, 0.25) is 0 Å². The highest BCUT2D eigenvalue weighted by atomic mass is 32.2. The Hall–Kier alpha value is -1.80. The molecule has 102 valence electrons. The van der Waals surface area contributed by atoms with Crippen LogP contribution in [0.4, 0.5) is 0 Å². The summed E-state index contributed by atoms with van der Waals surface area (Å²) in [6, 6.07) is 12.6. The standard InChI is InChI=1S/C15H16N4S/c16-9-4-10-20-15-18-17-14(13-7-8-13)19(15)11-12-5-2-1-3-6-12/h1-3,5-6,13H,4,7-8,10-11H2. The van der Waals surface area contributed by atoms with E-state index in [9.17, 15) is 0 Å². The van der Waals surface area contributed by atoms with Gasteiger partial charge in [0, 0.05) is 18.1 Å². The number of hydrogen-bond donors (Lipinski definition) is 0. The predicted molar refractivity (Wildman–Crippen MR) is 78.5 cm³/mol. The van der Waals surface area contributed by atoms with Crippen LogP contribution >= 0.6 is 11.8 Å². The van der Waals surface area contributed by atoms with E-state index >= 15 is 0 Å². The van der Waals surface area contributed by atoms with E-state index < -0.39 is 0 Å². The molecule has 1 aromatic heterocycles. The Kier molecular flexibility index (Phi) is 4.03. The fourth-order valence-corrected chi connectivity index (χ4v) is 2.94. The average molecular weight is 284 g/mol. The lowest BCUT2D eigenvalue weighted by atomic mass is 10.2. The number of nitriles is 1. The Labute approximate surface area is 122 Å². The van der Waals surface area contributed by atoms with E-state index in [0.717, 1.165) is 23.3 Å². The van der Waals surface area contributed by atoms with Gasteiger partial charge in [-0.1, -0.05) is 42.1 Å². The van der Waals surface area contributed by atoms with E-state index in [0.29, 0.717) is 12.3 Å². The van der Waals surface area contributed by atoms with Crippen LogP contribution in [0.5, 0.6) is 0 Å². The second-order valence-electron chi connectivity index (χ2n) is 4.94. The zero-order valence-corrected chi connectivity index (χ0v) is 12.0. The highest BCUT2D eigenvalue weighted by molar-refractivity contribution is 7.99. The fourth-order valence-electron chi connectivity index (χ4n) is 2.15. The molecular formula is C15H16N4S. The summed E-state index contributed by atoms with van der Waals surface area (Å²) in [5.74, 6) is 2.46. The van der Waals surface area contributed by atoms with Crippen molar-refractivity contribution >= 4 is 11.8 Å². The normalized spacial score (nSPS) is 14.2. The quantitative estimate of drug-likeness (QED) is 0.604. The van der Waals surface area contributed by atoms with Crippen molar-refractivity contribution in [2.75, 3.05) is 5.75 Å². The summed E-state index contributed by atoms with van der Waals surface area (Å²) in [7, 11) is 0. The van der Waals surface area contributed by atoms with Gasteiger partial charge in [-0.15, -0.1) is 10.2 Å². The third kappa shape index (κ3) is 3.02. The minimum Gasteiger partial charge on any atom is -0.301 e. The number of benzene rings is 1. The number of hydrogen-bond acceptors (Lipinski definition) is 4. The number of aromatic nitrogens is 3. The first-order chi connectivity index (χ1) is 9.88. The van der Waals surface area contributed by atoms with Gasteiger partial charge in [0.05, 0.1) is 12.6 Å². The molecule has 0 aliphatic heterocycles. The Morgan fingerprint density at radius 1 is 1.25 bits per heavy atom. The summed E-state index contributed by atoms with van der Waals surface area (Å²) in [5.41, 5.74) is 1.26. The van der Waals surface area contributed by atoms with E-state index in [1.165, 1.54) is 18.4 Å². The molecule has 0 spiro atoms. The molecule has 1 aliphatic rings. The minimum absolute atomic E-state index is 0.543. The van der Waals surface area contributed by atoms with Gasteiger partial charge in [0.15, 0.2) is 5.16 Å². The Balaban J connectivity index is 1.82. The molecule has 0 atom stereocenters. The van der Waals surface area contributed by atoms with Gasteiger partial charge in [-0.05, 0) is 18.4 Å². The third-order valence-electron chi connectivity index (χ3n) is 3.32. The molecule has 20 heavy (non-hydrogen) atoms. The average Bonchev–Trinajstić information content (AvgIpc) is 3.25. The van der Waals surface area contributed by atoms with Crippen LogP contribution < -0.4 is 0 Å². The van der Waals surface area contributed by atoms with Gasteiger partial charge in [-0.25, -0.2) is 0 Å². The van der Waals surface area contributed by atoms with Gasteiger partial charge in [-0.2, -0.15) is 5.26 Å². The van der Waals surface area contributed by atoms with E-state index in [2.05, 4.69) is 45.1 Å². The van der Waals surface area contributed by atoms with Crippen LogP contribution in [0.25, 0.3) is 0 Å². The number of nitrogens with zero attached hydrogens (tertiary/aromatic N) is 4. The zero-order valence-electron chi connectivity index (χ0n) is 11.2. The maximum Gasteiger partial charge on any atom is 0.191 e. The molecular weight excluding hydrogens is 268 g/mol. The Morgan fingerprint density at radius 2 is 2.05 bits per heavy atom. The molecule has 3 rings (SSSR count). The van der Waals surface area contributed by atoms with Gasteiger partial charge in [0.2, 0.25) is 0 Å². The molecule has 2 aromatic rings. The van der Waals surface area contributed by atoms with Crippen molar-refractivity contribution in [1.82, 2.24) is 14.8 Å². The third-order valence-corrected chi connectivity index (χ3v) is 4.28. The van der Waals surface area contributed by atoms with E-state index in [-0.39, 0.29) is 0 Å². The summed E-state index contributed by atoms with van der Waals surface area (Å²) >= 11 is 1.62. The SMILES string of the molecule is N#CCCSc1nnc(C2CC2)n1Cc1ccccc1. The minimum atomic E-state index is 0.543. The molecule has 0 N–H and O–H groups in total. The van der Waals surface area contributed by atoms with Gasteiger partial charge in [0.1, 0.15) is 5.82 Å². The van der Waals surface area contributed by atoms with Crippen LogP contribution in [-0.2, 0) is 6.54 Å². The maximum atomic E-state index is 8.65. The molecule has 4 nitrogen and oxygen atoms in total. The van der Waals surface area contributed by atoms with Crippen LogP contribution in [-0.4, -0.2) is 20.5 Å². The molecule has 1 aromatic carbocycles. The lowest BCUT2D eigenvalue weighted by Crippen LogP contribution is -2.06. The van der Waals surface area contributed by atoms with Gasteiger partial charge in [0.25, 0.3) is 0 Å². The van der Waals surface area contributed by atoms with Gasteiger partial charge >= 0.3 is 0 Å². The lowest BCUT2D eigenvalue weighted by Gasteiger charge is -2.09. The summed E-state index contributed by atoms with van der Waals surface area (Å²) in [6.45, 7) is 0.814. The summed E-state index contributed by atoms with van der Waals surface area (Å²) < 4.78 is 2.22. The van der Waals surface area contributed by atoms with Crippen molar-refractivity contribution in [1.29, 1.82) is 5.26 Å². The molecule has 1 aliphatic carbocycles. The molecule has 0 amide bonds. The van der Waals surface area contributed by atoms with Crippen LogP contribution in [0, 0.1) is 11.3 Å². The molecule has 1 saturated carbocycles. The molecule has 0 unspecified atom stereocenters. The summed E-state index contributed by atoms with van der Waals surface area (Å²) in [5, 5.41) is 18.3. The molecule has 0 radical (unpaired) electrons. The first kappa shape index (κ1) is 13.2. The predicted octanol–water partition coefficient (Wildman–Crippen LogP) is 3.21. The van der Waals surface area contributed by atoms with Crippen LogP contribution in [0.1, 0.15) is 36.6 Å². The monoisotopic (exact) mass is 284 g/mol. The lowest BCUT2D eigenvalue weighted by molar-refractivity contribution is 0.667. The molecule has 0 saturated heterocycles. The largest absolute Gasteiger partial charge is 0.301 e. The summed E-state index contributed by atoms with van der Waals surface area (Å²) in [4.78, 5) is 0. The van der Waals surface area contributed by atoms with E-state index in [4.69, 9.17) is 5.26 Å². The topological polar surface area (TPSA) is 54.5 Å². The Morgan fingerprint density at radius 3 is 2.75 bits per heavy atom. The first-order valence-corrected chi connectivity index (χ1v) is 7.84. The van der Waals surface area contributed by atoms with Crippen molar-refractivity contribution in [2.24, 2.45) is 0 Å².